The first kappa shape index (κ1) is 23.5. The van der Waals surface area contributed by atoms with Crippen molar-refractivity contribution in [3.05, 3.63) is 59.7 Å². The molecule has 1 N–H and O–H groups in total. The van der Waals surface area contributed by atoms with E-state index in [-0.39, 0.29) is 36.6 Å². The molecule has 32 heavy (non-hydrogen) atoms. The van der Waals surface area contributed by atoms with Gasteiger partial charge in [0.25, 0.3) is 5.91 Å². The third-order valence-electron chi connectivity index (χ3n) is 5.36. The second kappa shape index (κ2) is 11.5. The van der Waals surface area contributed by atoms with Crippen molar-refractivity contribution in [3.8, 4) is 11.5 Å². The number of likely N-dealkylation sites (tertiary alicyclic amines) is 1. The summed E-state index contributed by atoms with van der Waals surface area (Å²) in [6.07, 6.45) is 2.78. The average Bonchev–Trinajstić information content (AvgIpc) is 3.32. The number of nitrogens with one attached hydrogen (secondary N) is 1. The standard InChI is InChI=1S/C24H28F2N2O4/c1-2-20(27-22(29)15-17-9-11-18(12-10-17)32-24(25)26)19-7-3-4-8-21(19)31-16-23(30)28-13-5-6-14-28/h3-4,7-12,20,24H,2,5-6,13-16H2,1H3,(H,27,29). The lowest BCUT2D eigenvalue weighted by Gasteiger charge is -2.22. The fourth-order valence-electron chi connectivity index (χ4n) is 3.72. The number of carbonyl (C=O) groups is 2. The van der Waals surface area contributed by atoms with Gasteiger partial charge in [0.15, 0.2) is 6.61 Å². The SMILES string of the molecule is CCC(NC(=O)Cc1ccc(OC(F)F)cc1)c1ccccc1OCC(=O)N1CCCC1. The summed E-state index contributed by atoms with van der Waals surface area (Å²) in [5.74, 6) is 0.377. The first-order chi connectivity index (χ1) is 15.5. The summed E-state index contributed by atoms with van der Waals surface area (Å²) in [5.41, 5.74) is 1.48. The Bertz CT molecular complexity index is 899. The van der Waals surface area contributed by atoms with E-state index in [0.29, 0.717) is 17.7 Å². The number of hydrogen-bond donors (Lipinski definition) is 1. The number of benzene rings is 2. The van der Waals surface area contributed by atoms with Gasteiger partial charge in [0.2, 0.25) is 5.91 Å². The van der Waals surface area contributed by atoms with Crippen LogP contribution in [0.4, 0.5) is 8.78 Å². The highest BCUT2D eigenvalue weighted by Crippen LogP contribution is 2.27. The zero-order chi connectivity index (χ0) is 22.9. The van der Waals surface area contributed by atoms with E-state index >= 15 is 0 Å². The third-order valence-corrected chi connectivity index (χ3v) is 5.36. The molecule has 3 rings (SSSR count). The first-order valence-corrected chi connectivity index (χ1v) is 10.8. The average molecular weight is 446 g/mol. The Hall–Kier alpha value is -3.16. The molecule has 0 aliphatic carbocycles. The van der Waals surface area contributed by atoms with E-state index in [1.807, 2.05) is 25.1 Å². The lowest BCUT2D eigenvalue weighted by Crippen LogP contribution is -2.33. The predicted molar refractivity (Wildman–Crippen MR) is 116 cm³/mol. The van der Waals surface area contributed by atoms with Crippen molar-refractivity contribution in [1.29, 1.82) is 0 Å². The van der Waals surface area contributed by atoms with E-state index in [1.165, 1.54) is 12.1 Å². The van der Waals surface area contributed by atoms with Gasteiger partial charge in [0.1, 0.15) is 11.5 Å². The van der Waals surface area contributed by atoms with Gasteiger partial charge >= 0.3 is 6.61 Å². The molecule has 2 amide bonds. The number of amides is 2. The Morgan fingerprint density at radius 3 is 2.41 bits per heavy atom. The number of hydrogen-bond acceptors (Lipinski definition) is 4. The summed E-state index contributed by atoms with van der Waals surface area (Å²) >= 11 is 0. The van der Waals surface area contributed by atoms with Crippen LogP contribution < -0.4 is 14.8 Å². The highest BCUT2D eigenvalue weighted by atomic mass is 19.3. The van der Waals surface area contributed by atoms with Crippen LogP contribution in [0, 0.1) is 0 Å². The van der Waals surface area contributed by atoms with E-state index in [0.717, 1.165) is 31.5 Å². The summed E-state index contributed by atoms with van der Waals surface area (Å²) < 4.78 is 34.7. The van der Waals surface area contributed by atoms with Gasteiger partial charge in [-0.2, -0.15) is 8.78 Å². The second-order valence-corrected chi connectivity index (χ2v) is 7.64. The Balaban J connectivity index is 1.59. The molecule has 8 heteroatoms. The van der Waals surface area contributed by atoms with Crippen LogP contribution in [0.2, 0.25) is 0 Å². The summed E-state index contributed by atoms with van der Waals surface area (Å²) in [5, 5.41) is 3.00. The van der Waals surface area contributed by atoms with Crippen LogP contribution in [0.1, 0.15) is 43.4 Å². The number of alkyl halides is 2. The quantitative estimate of drug-likeness (QED) is 0.597. The van der Waals surface area contributed by atoms with Gasteiger partial charge in [-0.25, -0.2) is 0 Å². The van der Waals surface area contributed by atoms with Crippen LogP contribution in [-0.2, 0) is 16.0 Å². The Labute approximate surface area is 186 Å². The number of ether oxygens (including phenoxy) is 2. The predicted octanol–water partition coefficient (Wildman–Crippen LogP) is 4.10. The van der Waals surface area contributed by atoms with Crippen molar-refractivity contribution in [3.63, 3.8) is 0 Å². The van der Waals surface area contributed by atoms with E-state index < -0.39 is 6.61 Å². The lowest BCUT2D eigenvalue weighted by molar-refractivity contribution is -0.132. The fourth-order valence-corrected chi connectivity index (χ4v) is 3.72. The van der Waals surface area contributed by atoms with Crippen LogP contribution in [0.5, 0.6) is 11.5 Å². The number of rotatable bonds is 10. The number of para-hydroxylation sites is 1. The van der Waals surface area contributed by atoms with E-state index in [9.17, 15) is 18.4 Å². The van der Waals surface area contributed by atoms with Crippen molar-refractivity contribution in [2.45, 2.75) is 45.3 Å². The number of nitrogens with zero attached hydrogens (tertiary/aromatic N) is 1. The maximum atomic E-state index is 12.6. The Kier molecular flexibility index (Phi) is 8.41. The van der Waals surface area contributed by atoms with Crippen molar-refractivity contribution in [2.24, 2.45) is 0 Å². The molecule has 0 aromatic heterocycles. The molecule has 172 valence electrons. The van der Waals surface area contributed by atoms with Crippen LogP contribution >= 0.6 is 0 Å². The molecule has 0 spiro atoms. The van der Waals surface area contributed by atoms with Gasteiger partial charge in [-0.15, -0.1) is 0 Å². The molecule has 0 bridgehead atoms. The minimum atomic E-state index is -2.89. The largest absolute Gasteiger partial charge is 0.483 e. The fraction of sp³-hybridized carbons (Fsp3) is 0.417. The summed E-state index contributed by atoms with van der Waals surface area (Å²) in [7, 11) is 0. The molecule has 2 aromatic rings. The van der Waals surface area contributed by atoms with Crippen molar-refractivity contribution < 1.29 is 27.8 Å². The molecule has 6 nitrogen and oxygen atoms in total. The molecule has 0 radical (unpaired) electrons. The van der Waals surface area contributed by atoms with Crippen LogP contribution in [-0.4, -0.2) is 43.0 Å². The molecule has 1 unspecified atom stereocenters. The lowest BCUT2D eigenvalue weighted by atomic mass is 10.0. The topological polar surface area (TPSA) is 67.9 Å². The van der Waals surface area contributed by atoms with Gasteiger partial charge in [0.05, 0.1) is 12.5 Å². The summed E-state index contributed by atoms with van der Waals surface area (Å²) in [4.78, 5) is 26.7. The molecular formula is C24H28F2N2O4. The molecule has 2 aromatic carbocycles. The first-order valence-electron chi connectivity index (χ1n) is 10.8. The molecular weight excluding hydrogens is 418 g/mol. The molecule has 1 atom stereocenters. The second-order valence-electron chi connectivity index (χ2n) is 7.64. The minimum Gasteiger partial charge on any atom is -0.483 e. The molecule has 1 heterocycles. The van der Waals surface area contributed by atoms with Gasteiger partial charge in [0, 0.05) is 18.7 Å². The Morgan fingerprint density at radius 1 is 1.06 bits per heavy atom. The van der Waals surface area contributed by atoms with E-state index in [4.69, 9.17) is 4.74 Å². The zero-order valence-corrected chi connectivity index (χ0v) is 18.1. The summed E-state index contributed by atoms with van der Waals surface area (Å²) in [6.45, 7) is 0.573. The number of halogens is 2. The molecule has 1 aliphatic rings. The van der Waals surface area contributed by atoms with Crippen LogP contribution in [0.15, 0.2) is 48.5 Å². The van der Waals surface area contributed by atoms with Crippen LogP contribution in [0.3, 0.4) is 0 Å². The Morgan fingerprint density at radius 2 is 1.75 bits per heavy atom. The normalized spacial score (nSPS) is 14.3. The minimum absolute atomic E-state index is 0.0333. The molecule has 1 fully saturated rings. The van der Waals surface area contributed by atoms with E-state index in [1.54, 1.807) is 23.1 Å². The number of carbonyl (C=O) groups excluding carboxylic acids is 2. The van der Waals surface area contributed by atoms with Gasteiger partial charge in [-0.3, -0.25) is 9.59 Å². The maximum Gasteiger partial charge on any atom is 0.387 e. The maximum absolute atomic E-state index is 12.6. The summed E-state index contributed by atoms with van der Waals surface area (Å²) in [6, 6.07) is 13.1. The van der Waals surface area contributed by atoms with E-state index in [2.05, 4.69) is 10.1 Å². The van der Waals surface area contributed by atoms with Gasteiger partial charge < -0.3 is 19.7 Å². The third kappa shape index (κ3) is 6.67. The zero-order valence-electron chi connectivity index (χ0n) is 18.1. The molecule has 1 aliphatic heterocycles. The van der Waals surface area contributed by atoms with Crippen LogP contribution in [0.25, 0.3) is 0 Å². The van der Waals surface area contributed by atoms with Gasteiger partial charge in [-0.1, -0.05) is 37.3 Å². The monoisotopic (exact) mass is 446 g/mol. The van der Waals surface area contributed by atoms with Crippen molar-refractivity contribution >= 4 is 11.8 Å². The smallest absolute Gasteiger partial charge is 0.387 e. The highest BCUT2D eigenvalue weighted by Gasteiger charge is 2.21. The van der Waals surface area contributed by atoms with Crippen molar-refractivity contribution in [1.82, 2.24) is 10.2 Å². The van der Waals surface area contributed by atoms with Crippen molar-refractivity contribution in [2.75, 3.05) is 19.7 Å². The molecule has 0 saturated carbocycles. The molecule has 1 saturated heterocycles. The van der Waals surface area contributed by atoms with Gasteiger partial charge in [-0.05, 0) is 43.0 Å². The highest BCUT2D eigenvalue weighted by molar-refractivity contribution is 5.79.